The number of nitrogens with two attached hydrogens (primary N) is 1. The van der Waals surface area contributed by atoms with E-state index in [2.05, 4.69) is 5.10 Å². The Hall–Kier alpha value is -1.81. The minimum absolute atomic E-state index is 0.383. The van der Waals surface area contributed by atoms with Crippen LogP contribution < -0.4 is 5.73 Å². The summed E-state index contributed by atoms with van der Waals surface area (Å²) in [4.78, 5) is 0. The van der Waals surface area contributed by atoms with E-state index in [1.807, 2.05) is 53.2 Å². The van der Waals surface area contributed by atoms with Crippen LogP contribution in [0.15, 0.2) is 54.6 Å². The second kappa shape index (κ2) is 5.90. The van der Waals surface area contributed by atoms with E-state index < -0.39 is 0 Å². The number of hydrogen-bond acceptors (Lipinski definition) is 2. The molecule has 1 heterocycles. The summed E-state index contributed by atoms with van der Waals surface area (Å²) in [6, 6.07) is 17.4. The van der Waals surface area contributed by atoms with Gasteiger partial charge in [-0.25, -0.2) is 4.68 Å². The molecule has 2 N–H and O–H groups in total. The molecule has 0 bridgehead atoms. The number of hydrogen-bond donors (Lipinski definition) is 1. The number of nitrogens with zero attached hydrogens (tertiary/aromatic N) is 2. The van der Waals surface area contributed by atoms with Crippen molar-refractivity contribution in [3.05, 3.63) is 70.3 Å². The summed E-state index contributed by atoms with van der Waals surface area (Å²) in [5.41, 5.74) is 9.38. The fourth-order valence-electron chi connectivity index (χ4n) is 2.16. The number of rotatable bonds is 3. The van der Waals surface area contributed by atoms with Gasteiger partial charge in [-0.15, -0.1) is 0 Å². The number of aromatic nitrogens is 2. The predicted molar refractivity (Wildman–Crippen MR) is 86.9 cm³/mol. The van der Waals surface area contributed by atoms with Crippen molar-refractivity contribution in [2.24, 2.45) is 5.73 Å². The maximum absolute atomic E-state index is 6.12. The van der Waals surface area contributed by atoms with Crippen molar-refractivity contribution >= 4 is 23.2 Å². The summed E-state index contributed by atoms with van der Waals surface area (Å²) in [6.45, 7) is 0.383. The molecule has 0 amide bonds. The smallest absolute Gasteiger partial charge is 0.0771 e. The minimum atomic E-state index is 0.383. The Labute approximate surface area is 132 Å². The van der Waals surface area contributed by atoms with Gasteiger partial charge in [0.25, 0.3) is 0 Å². The van der Waals surface area contributed by atoms with Gasteiger partial charge in [-0.3, -0.25) is 0 Å². The van der Waals surface area contributed by atoms with Gasteiger partial charge in [0.05, 0.1) is 27.1 Å². The third-order valence-corrected chi connectivity index (χ3v) is 3.92. The molecule has 2 aromatic carbocycles. The van der Waals surface area contributed by atoms with Crippen molar-refractivity contribution in [1.29, 1.82) is 0 Å². The lowest BCUT2D eigenvalue weighted by Gasteiger charge is -2.08. The average Bonchev–Trinajstić information content (AvgIpc) is 2.95. The molecular formula is C16H13Cl2N3. The van der Waals surface area contributed by atoms with Crippen molar-refractivity contribution in [2.75, 3.05) is 0 Å². The van der Waals surface area contributed by atoms with Crippen LogP contribution in [0.3, 0.4) is 0 Å². The van der Waals surface area contributed by atoms with Gasteiger partial charge in [0.1, 0.15) is 0 Å². The first-order valence-corrected chi connectivity index (χ1v) is 7.24. The third kappa shape index (κ3) is 2.81. The Morgan fingerprint density at radius 3 is 2.38 bits per heavy atom. The van der Waals surface area contributed by atoms with Crippen LogP contribution in [0, 0.1) is 0 Å². The second-order valence-electron chi connectivity index (χ2n) is 4.60. The lowest BCUT2D eigenvalue weighted by atomic mass is 10.1. The van der Waals surface area contributed by atoms with Crippen LogP contribution in [-0.4, -0.2) is 9.78 Å². The van der Waals surface area contributed by atoms with E-state index >= 15 is 0 Å². The summed E-state index contributed by atoms with van der Waals surface area (Å²) in [5.74, 6) is 0. The fourth-order valence-corrected chi connectivity index (χ4v) is 2.46. The molecule has 0 spiro atoms. The van der Waals surface area contributed by atoms with E-state index in [4.69, 9.17) is 28.9 Å². The van der Waals surface area contributed by atoms with Crippen LogP contribution in [-0.2, 0) is 6.54 Å². The van der Waals surface area contributed by atoms with E-state index in [0.717, 1.165) is 22.6 Å². The van der Waals surface area contributed by atoms with Gasteiger partial charge in [0.15, 0.2) is 0 Å². The molecule has 3 nitrogen and oxygen atoms in total. The largest absolute Gasteiger partial charge is 0.325 e. The summed E-state index contributed by atoms with van der Waals surface area (Å²) >= 11 is 12.1. The van der Waals surface area contributed by atoms with Gasteiger partial charge in [0.2, 0.25) is 0 Å². The van der Waals surface area contributed by atoms with Gasteiger partial charge in [-0.2, -0.15) is 5.10 Å². The van der Waals surface area contributed by atoms with Crippen LogP contribution in [0.5, 0.6) is 0 Å². The second-order valence-corrected chi connectivity index (χ2v) is 5.42. The normalized spacial score (nSPS) is 10.8. The zero-order valence-electron chi connectivity index (χ0n) is 11.1. The zero-order valence-corrected chi connectivity index (χ0v) is 12.6. The van der Waals surface area contributed by atoms with Gasteiger partial charge < -0.3 is 5.73 Å². The highest BCUT2D eigenvalue weighted by molar-refractivity contribution is 6.42. The summed E-state index contributed by atoms with van der Waals surface area (Å²) in [5, 5.41) is 5.59. The maximum Gasteiger partial charge on any atom is 0.0771 e. The van der Waals surface area contributed by atoms with E-state index in [-0.39, 0.29) is 0 Å². The summed E-state index contributed by atoms with van der Waals surface area (Å²) in [6.07, 6.45) is 0. The molecule has 3 rings (SSSR count). The topological polar surface area (TPSA) is 43.8 Å². The molecule has 21 heavy (non-hydrogen) atoms. The Bertz CT molecular complexity index is 766. The molecule has 0 radical (unpaired) electrons. The number of benzene rings is 2. The van der Waals surface area contributed by atoms with Gasteiger partial charge in [-0.05, 0) is 30.3 Å². The van der Waals surface area contributed by atoms with Crippen LogP contribution in [0.1, 0.15) is 5.69 Å². The third-order valence-electron chi connectivity index (χ3n) is 3.19. The monoisotopic (exact) mass is 317 g/mol. The standard InChI is InChI=1S/C16H13Cl2N3/c17-14-7-6-11(8-15(14)18)16-9-12(10-19)20-21(16)13-4-2-1-3-5-13/h1-9H,10,19H2. The Morgan fingerprint density at radius 1 is 0.952 bits per heavy atom. The number of para-hydroxylation sites is 1. The van der Waals surface area contributed by atoms with E-state index in [1.54, 1.807) is 6.07 Å². The highest BCUT2D eigenvalue weighted by Crippen LogP contribution is 2.30. The summed E-state index contributed by atoms with van der Waals surface area (Å²) in [7, 11) is 0. The molecular weight excluding hydrogens is 305 g/mol. The van der Waals surface area contributed by atoms with Crippen molar-refractivity contribution in [3.8, 4) is 16.9 Å². The molecule has 0 atom stereocenters. The van der Waals surface area contributed by atoms with Crippen LogP contribution in [0.25, 0.3) is 16.9 Å². The molecule has 3 aromatic rings. The molecule has 0 saturated heterocycles. The van der Waals surface area contributed by atoms with Crippen molar-refractivity contribution in [3.63, 3.8) is 0 Å². The lowest BCUT2D eigenvalue weighted by molar-refractivity contribution is 0.838. The molecule has 0 aliphatic rings. The molecule has 0 aliphatic carbocycles. The fraction of sp³-hybridized carbons (Fsp3) is 0.0625. The van der Waals surface area contributed by atoms with E-state index in [0.29, 0.717) is 16.6 Å². The van der Waals surface area contributed by atoms with Crippen molar-refractivity contribution in [2.45, 2.75) is 6.54 Å². The quantitative estimate of drug-likeness (QED) is 0.782. The summed E-state index contributed by atoms with van der Waals surface area (Å²) < 4.78 is 1.86. The van der Waals surface area contributed by atoms with Crippen LogP contribution >= 0.6 is 23.2 Å². The van der Waals surface area contributed by atoms with Crippen LogP contribution in [0.2, 0.25) is 10.0 Å². The molecule has 5 heteroatoms. The minimum Gasteiger partial charge on any atom is -0.325 e. The first-order chi connectivity index (χ1) is 10.2. The molecule has 0 saturated carbocycles. The highest BCUT2D eigenvalue weighted by Gasteiger charge is 2.12. The Morgan fingerprint density at radius 2 is 1.71 bits per heavy atom. The maximum atomic E-state index is 6.12. The lowest BCUT2D eigenvalue weighted by Crippen LogP contribution is -2.01. The van der Waals surface area contributed by atoms with Crippen LogP contribution in [0.4, 0.5) is 0 Å². The molecule has 0 aliphatic heterocycles. The van der Waals surface area contributed by atoms with E-state index in [9.17, 15) is 0 Å². The van der Waals surface area contributed by atoms with Crippen molar-refractivity contribution < 1.29 is 0 Å². The molecule has 0 unspecified atom stereocenters. The van der Waals surface area contributed by atoms with Crippen molar-refractivity contribution in [1.82, 2.24) is 9.78 Å². The first kappa shape index (κ1) is 14.1. The molecule has 1 aromatic heterocycles. The Balaban J connectivity index is 2.17. The van der Waals surface area contributed by atoms with Gasteiger partial charge >= 0.3 is 0 Å². The molecule has 0 fully saturated rings. The zero-order chi connectivity index (χ0) is 14.8. The predicted octanol–water partition coefficient (Wildman–Crippen LogP) is 4.30. The van der Waals surface area contributed by atoms with Gasteiger partial charge in [0, 0.05) is 12.1 Å². The Kier molecular flexibility index (Phi) is 3.97. The average molecular weight is 318 g/mol. The molecule has 106 valence electrons. The SMILES string of the molecule is NCc1cc(-c2ccc(Cl)c(Cl)c2)n(-c2ccccc2)n1. The highest BCUT2D eigenvalue weighted by atomic mass is 35.5. The number of halogens is 2. The van der Waals surface area contributed by atoms with E-state index in [1.165, 1.54) is 0 Å². The first-order valence-electron chi connectivity index (χ1n) is 6.49. The van der Waals surface area contributed by atoms with Gasteiger partial charge in [-0.1, -0.05) is 47.5 Å².